The maximum Gasteiger partial charge on any atom is 0.255 e. The molecule has 1 aliphatic carbocycles. The Morgan fingerprint density at radius 3 is 2.17 bits per heavy atom. The zero-order chi connectivity index (χ0) is 54.2. The van der Waals surface area contributed by atoms with Crippen molar-refractivity contribution in [1.82, 2.24) is 44.8 Å². The molecule has 406 valence electrons. The van der Waals surface area contributed by atoms with Gasteiger partial charge in [0.25, 0.3) is 11.8 Å². The molecule has 6 amide bonds. The molecular formula is C57H62F2N12O7. The number of halogens is 2. The molecule has 5 aromatic rings. The van der Waals surface area contributed by atoms with Crippen LogP contribution in [-0.4, -0.2) is 160 Å². The third kappa shape index (κ3) is 10.4. The summed E-state index contributed by atoms with van der Waals surface area (Å²) >= 11 is 0. The molecule has 6 aliphatic rings. The molecule has 11 rings (SSSR count). The molecule has 0 radical (unpaired) electrons. The molecule has 19 nitrogen and oxygen atoms in total. The SMILES string of the molecule is CCOc1cc(-c2ccc(N3CCC(CN4CCN(C(=O)C5CCC(C(=O)N6CCN(c7ccc8c(c7)C(=O)N(C7CCC(=O)NC7=O)C8)CC6)CC5)CC4)(NC(=O)c4cc(F)ccc4F)CC3)nc2)c2c(C#N)cnn2c1. The average molecular weight is 1070 g/mol. The van der Waals surface area contributed by atoms with Crippen LogP contribution in [0.2, 0.25) is 0 Å². The minimum atomic E-state index is -0.812. The highest BCUT2D eigenvalue weighted by Gasteiger charge is 2.42. The first-order chi connectivity index (χ1) is 37.8. The van der Waals surface area contributed by atoms with E-state index in [1.165, 1.54) is 6.20 Å². The number of piperidine rings is 2. The molecule has 78 heavy (non-hydrogen) atoms. The second kappa shape index (κ2) is 21.8. The molecule has 0 spiro atoms. The first-order valence-corrected chi connectivity index (χ1v) is 27.1. The number of fused-ring (bicyclic) bond motifs is 2. The molecule has 3 aromatic heterocycles. The summed E-state index contributed by atoms with van der Waals surface area (Å²) in [7, 11) is 0. The Bertz CT molecular complexity index is 3200. The number of amides is 6. The van der Waals surface area contributed by atoms with Gasteiger partial charge in [-0.1, -0.05) is 6.07 Å². The number of nitrogens with one attached hydrogen (secondary N) is 2. The van der Waals surface area contributed by atoms with Crippen LogP contribution in [0.4, 0.5) is 20.3 Å². The van der Waals surface area contributed by atoms with Gasteiger partial charge in [-0.15, -0.1) is 0 Å². The number of carbonyl (C=O) groups excluding carboxylic acids is 6. The molecule has 21 heteroatoms. The third-order valence-electron chi connectivity index (χ3n) is 16.8. The highest BCUT2D eigenvalue weighted by atomic mass is 19.1. The van der Waals surface area contributed by atoms with Gasteiger partial charge >= 0.3 is 0 Å². The highest BCUT2D eigenvalue weighted by Crippen LogP contribution is 2.36. The van der Waals surface area contributed by atoms with E-state index in [1.807, 2.05) is 53.1 Å². The largest absolute Gasteiger partial charge is 0.492 e. The minimum Gasteiger partial charge on any atom is -0.492 e. The van der Waals surface area contributed by atoms with E-state index in [-0.39, 0.29) is 47.4 Å². The molecule has 2 aromatic carbocycles. The van der Waals surface area contributed by atoms with E-state index in [9.17, 15) is 42.8 Å². The van der Waals surface area contributed by atoms with Crippen molar-refractivity contribution in [3.8, 4) is 22.9 Å². The van der Waals surface area contributed by atoms with Gasteiger partial charge in [0.15, 0.2) is 0 Å². The van der Waals surface area contributed by atoms with Gasteiger partial charge in [0.2, 0.25) is 23.6 Å². The summed E-state index contributed by atoms with van der Waals surface area (Å²) in [5.41, 5.74) is 3.72. The van der Waals surface area contributed by atoms with Crippen LogP contribution in [-0.2, 0) is 25.7 Å². The number of nitriles is 1. The van der Waals surface area contributed by atoms with Gasteiger partial charge < -0.3 is 34.6 Å². The number of nitrogens with zero attached hydrogens (tertiary/aromatic N) is 10. The lowest BCUT2D eigenvalue weighted by Crippen LogP contribution is -2.63. The number of ether oxygens (including phenoxy) is 1. The lowest BCUT2D eigenvalue weighted by atomic mass is 9.80. The number of pyridine rings is 2. The van der Waals surface area contributed by atoms with Gasteiger partial charge in [0.1, 0.15) is 35.3 Å². The topological polar surface area (TPSA) is 209 Å². The number of benzene rings is 2. The molecule has 8 heterocycles. The summed E-state index contributed by atoms with van der Waals surface area (Å²) in [5.74, 6) is -1.98. The highest BCUT2D eigenvalue weighted by molar-refractivity contribution is 6.06. The molecule has 5 aliphatic heterocycles. The first-order valence-electron chi connectivity index (χ1n) is 27.1. The second-order valence-electron chi connectivity index (χ2n) is 21.4. The summed E-state index contributed by atoms with van der Waals surface area (Å²) in [4.78, 5) is 96.1. The molecule has 1 unspecified atom stereocenters. The number of carbonyl (C=O) groups is 6. The van der Waals surface area contributed by atoms with Crippen molar-refractivity contribution < 1.29 is 42.3 Å². The number of hydrogen-bond acceptors (Lipinski definition) is 13. The Morgan fingerprint density at radius 1 is 0.808 bits per heavy atom. The predicted molar refractivity (Wildman–Crippen MR) is 282 cm³/mol. The molecule has 1 atom stereocenters. The first kappa shape index (κ1) is 52.1. The van der Waals surface area contributed by atoms with E-state index in [0.29, 0.717) is 152 Å². The molecule has 1 saturated carbocycles. The molecule has 2 N–H and O–H groups in total. The van der Waals surface area contributed by atoms with E-state index in [4.69, 9.17) is 9.72 Å². The Kier molecular flexibility index (Phi) is 14.6. The summed E-state index contributed by atoms with van der Waals surface area (Å²) < 4.78 is 36.8. The number of imide groups is 1. The molecule has 5 fully saturated rings. The fourth-order valence-corrected chi connectivity index (χ4v) is 12.4. The van der Waals surface area contributed by atoms with Crippen molar-refractivity contribution in [3.63, 3.8) is 0 Å². The monoisotopic (exact) mass is 1060 g/mol. The van der Waals surface area contributed by atoms with Crippen molar-refractivity contribution >= 4 is 52.5 Å². The van der Waals surface area contributed by atoms with Crippen LogP contribution >= 0.6 is 0 Å². The van der Waals surface area contributed by atoms with Crippen LogP contribution in [0.5, 0.6) is 5.75 Å². The van der Waals surface area contributed by atoms with Crippen molar-refractivity contribution in [2.24, 2.45) is 11.8 Å². The van der Waals surface area contributed by atoms with Crippen molar-refractivity contribution in [1.29, 1.82) is 5.26 Å². The van der Waals surface area contributed by atoms with E-state index < -0.39 is 35.0 Å². The molecule has 0 bridgehead atoms. The van der Waals surface area contributed by atoms with Gasteiger partial charge in [-0.05, 0) is 106 Å². The zero-order valence-corrected chi connectivity index (χ0v) is 43.6. The van der Waals surface area contributed by atoms with Crippen LogP contribution in [0, 0.1) is 34.8 Å². The predicted octanol–water partition coefficient (Wildman–Crippen LogP) is 4.77. The van der Waals surface area contributed by atoms with Gasteiger partial charge in [0.05, 0.1) is 41.2 Å². The lowest BCUT2D eigenvalue weighted by molar-refractivity contribution is -0.142. The summed E-state index contributed by atoms with van der Waals surface area (Å²) in [6.45, 7) is 8.56. The zero-order valence-electron chi connectivity index (χ0n) is 43.6. The maximum atomic E-state index is 15.0. The molecular weight excluding hydrogens is 1000 g/mol. The van der Waals surface area contributed by atoms with E-state index >= 15 is 0 Å². The number of piperazine rings is 2. The van der Waals surface area contributed by atoms with E-state index in [1.54, 1.807) is 21.8 Å². The van der Waals surface area contributed by atoms with Crippen molar-refractivity contribution in [3.05, 3.63) is 107 Å². The van der Waals surface area contributed by atoms with E-state index in [0.717, 1.165) is 46.4 Å². The summed E-state index contributed by atoms with van der Waals surface area (Å²) in [6, 6.07) is 15.9. The number of rotatable bonds is 12. The smallest absolute Gasteiger partial charge is 0.255 e. The second-order valence-corrected chi connectivity index (χ2v) is 21.4. The van der Waals surface area contributed by atoms with Crippen molar-refractivity contribution in [2.75, 3.05) is 88.4 Å². The Labute approximate surface area is 450 Å². The van der Waals surface area contributed by atoms with Gasteiger partial charge in [-0.2, -0.15) is 10.4 Å². The quantitative estimate of drug-likeness (QED) is 0.162. The van der Waals surface area contributed by atoms with Gasteiger partial charge in [0, 0.05) is 125 Å². The number of anilines is 2. The fraction of sp³-hybridized carbons (Fsp3) is 0.456. The number of aromatic nitrogens is 3. The van der Waals surface area contributed by atoms with Crippen LogP contribution in [0.3, 0.4) is 0 Å². The standard InChI is InChI=1S/C57H62F2N12O7/c1-2-78-43-29-44(51-40(30-60)32-62-71(51)34-43)38-8-13-49(61-31-38)67-17-15-57(16-18-67,64-52(73)46-27-41(58)9-11-47(46)59)35-65-19-21-68(22-20-65)54(75)36-3-5-37(6-4-36)55(76)69-25-23-66(24-26-69)42-10-7-39-33-70(56(77)45(39)28-42)48-12-14-50(72)63-53(48)74/h7-11,13,27-29,31-32,34,36-37,48H,2-6,12,14-26,33,35H2,1H3,(H,64,73)(H,63,72,74). The molecule has 4 saturated heterocycles. The Morgan fingerprint density at radius 2 is 1.51 bits per heavy atom. The normalized spacial score (nSPS) is 21.8. The van der Waals surface area contributed by atoms with Crippen LogP contribution < -0.4 is 25.2 Å². The number of hydrogen-bond donors (Lipinski definition) is 2. The maximum absolute atomic E-state index is 15.0. The minimum absolute atomic E-state index is 0.0979. The van der Waals surface area contributed by atoms with Gasteiger partial charge in [-0.25, -0.2) is 18.3 Å². The summed E-state index contributed by atoms with van der Waals surface area (Å²) in [6.07, 6.45) is 9.03. The van der Waals surface area contributed by atoms with Crippen LogP contribution in [0.1, 0.15) is 90.1 Å². The average Bonchev–Trinajstić information content (AvgIpc) is 4.13. The fourth-order valence-electron chi connectivity index (χ4n) is 12.4. The van der Waals surface area contributed by atoms with Crippen LogP contribution in [0.15, 0.2) is 73.2 Å². The van der Waals surface area contributed by atoms with Gasteiger partial charge in [-0.3, -0.25) is 39.0 Å². The summed E-state index contributed by atoms with van der Waals surface area (Å²) in [5, 5.41) is 19.7. The van der Waals surface area contributed by atoms with Crippen molar-refractivity contribution in [2.45, 2.75) is 76.4 Å². The van der Waals surface area contributed by atoms with E-state index in [2.05, 4.69) is 36.5 Å². The Hall–Kier alpha value is -7.99. The third-order valence-corrected chi connectivity index (χ3v) is 16.8. The Balaban J connectivity index is 0.671. The lowest BCUT2D eigenvalue weighted by Gasteiger charge is -2.47. The van der Waals surface area contributed by atoms with Crippen LogP contribution in [0.25, 0.3) is 16.6 Å².